The number of hydrogen-bond donors (Lipinski definition) is 2. The van der Waals surface area contributed by atoms with E-state index >= 15 is 0 Å². The summed E-state index contributed by atoms with van der Waals surface area (Å²) in [5.41, 5.74) is 3.24. The summed E-state index contributed by atoms with van der Waals surface area (Å²) >= 11 is 1.43. The van der Waals surface area contributed by atoms with Crippen molar-refractivity contribution >= 4 is 17.2 Å². The van der Waals surface area contributed by atoms with Crippen LogP contribution in [0, 0.1) is 0 Å². The van der Waals surface area contributed by atoms with Gasteiger partial charge in [-0.3, -0.25) is 15.1 Å². The Bertz CT molecular complexity index is 338. The number of nitrogens with one attached hydrogen (secondary N) is 1. The van der Waals surface area contributed by atoms with Crippen molar-refractivity contribution in [3.05, 3.63) is 21.9 Å². The Labute approximate surface area is 100 Å². The second-order valence-corrected chi connectivity index (χ2v) is 4.53. The highest BCUT2D eigenvalue weighted by molar-refractivity contribution is 7.12. The Morgan fingerprint density at radius 3 is 2.88 bits per heavy atom. The van der Waals surface area contributed by atoms with Gasteiger partial charge in [0.25, 0.3) is 5.91 Å². The van der Waals surface area contributed by atoms with Gasteiger partial charge in [0.2, 0.25) is 0 Å². The quantitative estimate of drug-likeness (QED) is 0.452. The van der Waals surface area contributed by atoms with Crippen molar-refractivity contribution < 1.29 is 4.79 Å². The largest absolute Gasteiger partial charge is 0.299 e. The van der Waals surface area contributed by atoms with Gasteiger partial charge in [-0.05, 0) is 36.5 Å². The minimum atomic E-state index is -0.197. The Morgan fingerprint density at radius 1 is 1.56 bits per heavy atom. The summed E-state index contributed by atoms with van der Waals surface area (Å²) in [6.45, 7) is 7.15. The SMILES string of the molecule is CCCN(CC)Cc1ccsc1C(=O)NN. The number of thiophene rings is 1. The Balaban J connectivity index is 2.72. The minimum Gasteiger partial charge on any atom is -0.299 e. The fourth-order valence-electron chi connectivity index (χ4n) is 1.63. The average Bonchev–Trinajstić information content (AvgIpc) is 2.75. The fourth-order valence-corrected chi connectivity index (χ4v) is 2.45. The zero-order valence-electron chi connectivity index (χ0n) is 9.82. The van der Waals surface area contributed by atoms with Gasteiger partial charge in [-0.25, -0.2) is 5.84 Å². The summed E-state index contributed by atoms with van der Waals surface area (Å²) in [7, 11) is 0. The van der Waals surface area contributed by atoms with Crippen molar-refractivity contribution in [2.24, 2.45) is 5.84 Å². The summed E-state index contributed by atoms with van der Waals surface area (Å²) in [6.07, 6.45) is 1.12. The average molecular weight is 241 g/mol. The molecular formula is C11H19N3OS. The third kappa shape index (κ3) is 3.30. The molecule has 0 aliphatic carbocycles. The van der Waals surface area contributed by atoms with Crippen LogP contribution in [0.15, 0.2) is 11.4 Å². The van der Waals surface area contributed by atoms with Gasteiger partial charge in [0, 0.05) is 6.54 Å². The monoisotopic (exact) mass is 241 g/mol. The standard InChI is InChI=1S/C11H19N3OS/c1-3-6-14(4-2)8-9-5-7-16-10(9)11(15)13-12/h5,7H,3-4,6,8,12H2,1-2H3,(H,13,15). The molecule has 1 amide bonds. The number of nitrogens with two attached hydrogens (primary N) is 1. The number of carbonyl (C=O) groups is 1. The van der Waals surface area contributed by atoms with Crippen LogP contribution in [-0.4, -0.2) is 23.9 Å². The second-order valence-electron chi connectivity index (χ2n) is 3.62. The summed E-state index contributed by atoms with van der Waals surface area (Å²) in [4.78, 5) is 14.5. The van der Waals surface area contributed by atoms with Crippen molar-refractivity contribution in [1.82, 2.24) is 10.3 Å². The molecule has 0 saturated heterocycles. The molecule has 1 rings (SSSR count). The first-order chi connectivity index (χ1) is 7.72. The lowest BCUT2D eigenvalue weighted by molar-refractivity contribution is 0.0956. The zero-order valence-corrected chi connectivity index (χ0v) is 10.6. The van der Waals surface area contributed by atoms with Crippen LogP contribution < -0.4 is 11.3 Å². The maximum atomic E-state index is 11.5. The number of hydrogen-bond acceptors (Lipinski definition) is 4. The van der Waals surface area contributed by atoms with Crippen LogP contribution >= 0.6 is 11.3 Å². The number of nitrogens with zero attached hydrogens (tertiary/aromatic N) is 1. The van der Waals surface area contributed by atoms with E-state index in [1.54, 1.807) is 0 Å². The van der Waals surface area contributed by atoms with Crippen LogP contribution in [0.1, 0.15) is 35.5 Å². The van der Waals surface area contributed by atoms with Gasteiger partial charge in [-0.1, -0.05) is 13.8 Å². The molecule has 0 saturated carbocycles. The molecule has 0 aliphatic rings. The predicted octanol–water partition coefficient (Wildman–Crippen LogP) is 1.58. The Morgan fingerprint density at radius 2 is 2.31 bits per heavy atom. The lowest BCUT2D eigenvalue weighted by Gasteiger charge is -2.19. The lowest BCUT2D eigenvalue weighted by atomic mass is 10.2. The first-order valence-corrected chi connectivity index (χ1v) is 6.40. The normalized spacial score (nSPS) is 10.8. The van der Waals surface area contributed by atoms with Crippen molar-refractivity contribution in [3.63, 3.8) is 0 Å². The zero-order chi connectivity index (χ0) is 12.0. The van der Waals surface area contributed by atoms with Crippen LogP contribution in [0.25, 0.3) is 0 Å². The third-order valence-corrected chi connectivity index (χ3v) is 3.42. The molecule has 4 nitrogen and oxygen atoms in total. The highest BCUT2D eigenvalue weighted by Crippen LogP contribution is 2.18. The maximum Gasteiger partial charge on any atom is 0.275 e. The molecule has 0 atom stereocenters. The number of nitrogen functional groups attached to an aromatic ring is 1. The first kappa shape index (κ1) is 13.2. The van der Waals surface area contributed by atoms with Gasteiger partial charge >= 0.3 is 0 Å². The highest BCUT2D eigenvalue weighted by atomic mass is 32.1. The second kappa shape index (κ2) is 6.62. The highest BCUT2D eigenvalue weighted by Gasteiger charge is 2.13. The van der Waals surface area contributed by atoms with Crippen LogP contribution in [0.3, 0.4) is 0 Å². The molecule has 90 valence electrons. The van der Waals surface area contributed by atoms with Gasteiger partial charge < -0.3 is 0 Å². The number of amides is 1. The molecule has 0 bridgehead atoms. The van der Waals surface area contributed by atoms with Crippen molar-refractivity contribution in [1.29, 1.82) is 0 Å². The van der Waals surface area contributed by atoms with E-state index in [0.717, 1.165) is 36.5 Å². The van der Waals surface area contributed by atoms with E-state index in [9.17, 15) is 4.79 Å². The number of rotatable bonds is 6. The summed E-state index contributed by atoms with van der Waals surface area (Å²) in [5.74, 6) is 4.95. The van der Waals surface area contributed by atoms with Crippen LogP contribution in [0.2, 0.25) is 0 Å². The van der Waals surface area contributed by atoms with E-state index in [-0.39, 0.29) is 5.91 Å². The molecular weight excluding hydrogens is 222 g/mol. The molecule has 0 radical (unpaired) electrons. The minimum absolute atomic E-state index is 0.197. The molecule has 1 heterocycles. The topological polar surface area (TPSA) is 58.4 Å². The number of hydrazine groups is 1. The van der Waals surface area contributed by atoms with Gasteiger partial charge in [0.1, 0.15) is 0 Å². The first-order valence-electron chi connectivity index (χ1n) is 5.52. The Kier molecular flexibility index (Phi) is 5.45. The van der Waals surface area contributed by atoms with Crippen LogP contribution in [0.5, 0.6) is 0 Å². The van der Waals surface area contributed by atoms with E-state index in [2.05, 4.69) is 24.2 Å². The van der Waals surface area contributed by atoms with E-state index < -0.39 is 0 Å². The van der Waals surface area contributed by atoms with Gasteiger partial charge in [0.15, 0.2) is 0 Å². The predicted molar refractivity (Wildman–Crippen MR) is 67.2 cm³/mol. The molecule has 1 aromatic heterocycles. The van der Waals surface area contributed by atoms with Gasteiger partial charge in [-0.2, -0.15) is 0 Å². The van der Waals surface area contributed by atoms with E-state index in [1.807, 2.05) is 11.4 Å². The lowest BCUT2D eigenvalue weighted by Crippen LogP contribution is -2.31. The molecule has 0 fully saturated rings. The van der Waals surface area contributed by atoms with Crippen LogP contribution in [-0.2, 0) is 6.54 Å². The van der Waals surface area contributed by atoms with Crippen molar-refractivity contribution in [2.75, 3.05) is 13.1 Å². The van der Waals surface area contributed by atoms with Gasteiger partial charge in [0.05, 0.1) is 4.88 Å². The summed E-state index contributed by atoms with van der Waals surface area (Å²) in [6, 6.07) is 1.99. The van der Waals surface area contributed by atoms with E-state index in [1.165, 1.54) is 11.3 Å². The molecule has 0 aliphatic heterocycles. The Hall–Kier alpha value is -0.910. The van der Waals surface area contributed by atoms with Gasteiger partial charge in [-0.15, -0.1) is 11.3 Å². The van der Waals surface area contributed by atoms with Crippen molar-refractivity contribution in [3.8, 4) is 0 Å². The molecule has 5 heteroatoms. The van der Waals surface area contributed by atoms with Crippen molar-refractivity contribution in [2.45, 2.75) is 26.8 Å². The summed E-state index contributed by atoms with van der Waals surface area (Å²) in [5, 5.41) is 1.93. The number of carbonyl (C=O) groups excluding carboxylic acids is 1. The molecule has 0 spiro atoms. The smallest absolute Gasteiger partial charge is 0.275 e. The molecule has 1 aromatic rings. The molecule has 16 heavy (non-hydrogen) atoms. The third-order valence-electron chi connectivity index (χ3n) is 2.47. The van der Waals surface area contributed by atoms with E-state index in [4.69, 9.17) is 5.84 Å². The molecule has 0 unspecified atom stereocenters. The van der Waals surface area contributed by atoms with E-state index in [0.29, 0.717) is 0 Å². The fraction of sp³-hybridized carbons (Fsp3) is 0.545. The molecule has 0 aromatic carbocycles. The van der Waals surface area contributed by atoms with Crippen LogP contribution in [0.4, 0.5) is 0 Å². The summed E-state index contributed by atoms with van der Waals surface area (Å²) < 4.78 is 0. The molecule has 3 N–H and O–H groups in total. The maximum absolute atomic E-state index is 11.5.